The van der Waals surface area contributed by atoms with Crippen molar-refractivity contribution in [2.45, 2.75) is 51.4 Å². The fraction of sp³-hybridized carbons (Fsp3) is 0.630. The van der Waals surface area contributed by atoms with Crippen LogP contribution in [0.25, 0.3) is 0 Å². The Balaban J connectivity index is 1.36. The second-order valence-electron chi connectivity index (χ2n) is 9.96. The molecular formula is C27H37ClN6O4. The summed E-state index contributed by atoms with van der Waals surface area (Å²) in [5.74, 6) is 2.22. The number of piperidine rings is 1. The third kappa shape index (κ3) is 6.57. The summed E-state index contributed by atoms with van der Waals surface area (Å²) in [5.41, 5.74) is 0.917. The zero-order valence-corrected chi connectivity index (χ0v) is 23.3. The largest absolute Gasteiger partial charge is 0.481 e. The summed E-state index contributed by atoms with van der Waals surface area (Å²) in [6.07, 6.45) is 7.15. The van der Waals surface area contributed by atoms with Crippen molar-refractivity contribution in [3.63, 3.8) is 0 Å². The van der Waals surface area contributed by atoms with Crippen LogP contribution in [-0.4, -0.2) is 80.3 Å². The van der Waals surface area contributed by atoms with E-state index >= 15 is 0 Å². The molecule has 2 aromatic rings. The maximum Gasteiger partial charge on any atom is 0.232 e. The highest BCUT2D eigenvalue weighted by molar-refractivity contribution is 6.33. The van der Waals surface area contributed by atoms with Gasteiger partial charge in [-0.1, -0.05) is 25.4 Å². The summed E-state index contributed by atoms with van der Waals surface area (Å²) in [5, 5.41) is 10.0. The Morgan fingerprint density at radius 2 is 1.87 bits per heavy atom. The van der Waals surface area contributed by atoms with Crippen LogP contribution in [0.5, 0.6) is 11.8 Å². The van der Waals surface area contributed by atoms with Crippen LogP contribution in [0, 0.1) is 23.2 Å². The van der Waals surface area contributed by atoms with Gasteiger partial charge in [0.05, 0.1) is 55.0 Å². The van der Waals surface area contributed by atoms with Crippen molar-refractivity contribution in [1.82, 2.24) is 15.0 Å². The minimum atomic E-state index is 0.0111. The van der Waals surface area contributed by atoms with E-state index in [9.17, 15) is 5.26 Å². The number of hydrogen-bond acceptors (Lipinski definition) is 10. The van der Waals surface area contributed by atoms with E-state index < -0.39 is 0 Å². The number of methoxy groups -OCH3 is 2. The Kier molecular flexibility index (Phi) is 9.83. The first-order valence-corrected chi connectivity index (χ1v) is 13.5. The molecule has 2 aliphatic rings. The molecule has 0 unspecified atom stereocenters. The molecule has 4 rings (SSSR count). The number of anilines is 2. The van der Waals surface area contributed by atoms with E-state index in [1.54, 1.807) is 32.8 Å². The first-order valence-electron chi connectivity index (χ1n) is 13.1. The van der Waals surface area contributed by atoms with Crippen LogP contribution in [0.4, 0.5) is 11.5 Å². The van der Waals surface area contributed by atoms with Crippen molar-refractivity contribution in [3.8, 4) is 17.8 Å². The molecule has 2 fully saturated rings. The summed E-state index contributed by atoms with van der Waals surface area (Å²) >= 11 is 6.41. The Morgan fingerprint density at radius 1 is 1.05 bits per heavy atom. The average molecular weight is 545 g/mol. The molecule has 0 radical (unpaired) electrons. The second-order valence-corrected chi connectivity index (χ2v) is 10.4. The van der Waals surface area contributed by atoms with Crippen molar-refractivity contribution in [2.75, 3.05) is 56.9 Å². The lowest BCUT2D eigenvalue weighted by Crippen LogP contribution is -2.44. The Morgan fingerprint density at radius 3 is 2.55 bits per heavy atom. The molecule has 10 nitrogen and oxygen atoms in total. The van der Waals surface area contributed by atoms with E-state index in [1.165, 1.54) is 0 Å². The molecule has 0 bridgehead atoms. The first kappa shape index (κ1) is 28.1. The van der Waals surface area contributed by atoms with E-state index in [2.05, 4.69) is 44.7 Å². The quantitative estimate of drug-likeness (QED) is 0.385. The van der Waals surface area contributed by atoms with Gasteiger partial charge in [0.15, 0.2) is 0 Å². The highest BCUT2D eigenvalue weighted by Crippen LogP contribution is 2.34. The molecule has 0 N–H and O–H groups in total. The third-order valence-electron chi connectivity index (χ3n) is 7.46. The zero-order valence-electron chi connectivity index (χ0n) is 22.5. The molecule has 206 valence electrons. The minimum Gasteiger partial charge on any atom is -0.481 e. The molecular weight excluding hydrogens is 508 g/mol. The van der Waals surface area contributed by atoms with Gasteiger partial charge >= 0.3 is 0 Å². The summed E-state index contributed by atoms with van der Waals surface area (Å²) < 4.78 is 22.8. The molecule has 2 aromatic heterocycles. The number of ether oxygens (including phenoxy) is 4. The number of nitriles is 1. The van der Waals surface area contributed by atoms with Gasteiger partial charge in [0.25, 0.3) is 0 Å². The lowest BCUT2D eigenvalue weighted by Gasteiger charge is -2.38. The van der Waals surface area contributed by atoms with Gasteiger partial charge in [-0.15, -0.1) is 0 Å². The fourth-order valence-electron chi connectivity index (χ4n) is 5.28. The molecule has 0 aliphatic carbocycles. The maximum absolute atomic E-state index is 9.42. The van der Waals surface area contributed by atoms with Gasteiger partial charge in [-0.25, -0.2) is 15.0 Å². The molecule has 5 atom stereocenters. The van der Waals surface area contributed by atoms with E-state index in [0.717, 1.165) is 37.4 Å². The normalized spacial score (nSPS) is 25.3. The standard InChI is InChI=1S/C27H37ClN6O4/c1-18-16-33(22-12-26(36-4)31-13-20(22)28)9-7-23(18)38-27-15-30-25(14-32-27)34-17-24(37-11-5-10-35-3)19(2)21(34)6-8-29/h12-15,18-19,21,23-24H,5-7,9-11,16-17H2,1-4H3/t18-,19+,21+,23-,24+/m1/s1. The fourth-order valence-corrected chi connectivity index (χ4v) is 5.50. The third-order valence-corrected chi connectivity index (χ3v) is 7.75. The van der Waals surface area contributed by atoms with Gasteiger partial charge in [0.2, 0.25) is 11.8 Å². The molecule has 4 heterocycles. The van der Waals surface area contributed by atoms with Crippen molar-refractivity contribution in [1.29, 1.82) is 5.26 Å². The summed E-state index contributed by atoms with van der Waals surface area (Å²) in [6, 6.07) is 4.21. The smallest absolute Gasteiger partial charge is 0.232 e. The van der Waals surface area contributed by atoms with Gasteiger partial charge in [-0.3, -0.25) is 0 Å². The molecule has 0 spiro atoms. The second kappa shape index (κ2) is 13.3. The highest BCUT2D eigenvalue weighted by Gasteiger charge is 2.40. The van der Waals surface area contributed by atoms with Crippen LogP contribution in [-0.2, 0) is 9.47 Å². The Bertz CT molecular complexity index is 1080. The molecule has 2 saturated heterocycles. The minimum absolute atomic E-state index is 0.0111. The number of pyridine rings is 1. The Hall–Kier alpha value is -2.87. The van der Waals surface area contributed by atoms with Crippen LogP contribution in [0.3, 0.4) is 0 Å². The van der Waals surface area contributed by atoms with E-state index in [-0.39, 0.29) is 30.1 Å². The van der Waals surface area contributed by atoms with Gasteiger partial charge in [0, 0.05) is 70.3 Å². The van der Waals surface area contributed by atoms with Gasteiger partial charge in [-0.05, 0) is 6.42 Å². The number of aromatic nitrogens is 3. The summed E-state index contributed by atoms with van der Waals surface area (Å²) in [4.78, 5) is 17.8. The molecule has 11 heteroatoms. The predicted octanol–water partition coefficient (Wildman–Crippen LogP) is 3.99. The molecule has 0 amide bonds. The van der Waals surface area contributed by atoms with Crippen LogP contribution in [0.2, 0.25) is 5.02 Å². The van der Waals surface area contributed by atoms with Gasteiger partial charge in [-0.2, -0.15) is 5.26 Å². The molecule has 0 saturated carbocycles. The van der Waals surface area contributed by atoms with E-state index in [0.29, 0.717) is 43.0 Å². The summed E-state index contributed by atoms with van der Waals surface area (Å²) in [7, 11) is 3.29. The van der Waals surface area contributed by atoms with Crippen molar-refractivity contribution in [2.24, 2.45) is 11.8 Å². The van der Waals surface area contributed by atoms with Crippen LogP contribution < -0.4 is 19.3 Å². The number of rotatable bonds is 11. The SMILES string of the molecule is COCCCO[C@H]1CN(c2cnc(O[C@@H]3CCN(c4cc(OC)ncc4Cl)C[C@H]3C)cn2)[C@@H](CC#N)[C@@H]1C. The number of halogens is 1. The lowest BCUT2D eigenvalue weighted by molar-refractivity contribution is 0.0271. The molecule has 2 aliphatic heterocycles. The predicted molar refractivity (Wildman–Crippen MR) is 145 cm³/mol. The van der Waals surface area contributed by atoms with Crippen LogP contribution in [0.1, 0.15) is 33.1 Å². The van der Waals surface area contributed by atoms with E-state index in [4.69, 9.17) is 30.5 Å². The zero-order chi connectivity index (χ0) is 27.1. The van der Waals surface area contributed by atoms with Crippen LogP contribution >= 0.6 is 11.6 Å². The number of hydrogen-bond donors (Lipinski definition) is 0. The van der Waals surface area contributed by atoms with Gasteiger partial charge < -0.3 is 28.7 Å². The average Bonchev–Trinajstić information content (AvgIpc) is 3.23. The number of nitrogens with zero attached hydrogens (tertiary/aromatic N) is 6. The topological polar surface area (TPSA) is 106 Å². The first-order chi connectivity index (χ1) is 18.4. The van der Waals surface area contributed by atoms with E-state index in [1.807, 2.05) is 6.07 Å². The van der Waals surface area contributed by atoms with Crippen molar-refractivity contribution < 1.29 is 18.9 Å². The van der Waals surface area contributed by atoms with Crippen molar-refractivity contribution in [3.05, 3.63) is 29.7 Å². The Labute approximate surface area is 229 Å². The van der Waals surface area contributed by atoms with Crippen molar-refractivity contribution >= 4 is 23.1 Å². The van der Waals surface area contributed by atoms with Gasteiger partial charge in [0.1, 0.15) is 11.9 Å². The molecule has 0 aromatic carbocycles. The lowest BCUT2D eigenvalue weighted by atomic mass is 9.96. The molecule has 38 heavy (non-hydrogen) atoms. The highest BCUT2D eigenvalue weighted by atomic mass is 35.5. The van der Waals surface area contributed by atoms with Crippen LogP contribution in [0.15, 0.2) is 24.7 Å². The maximum atomic E-state index is 9.42. The monoisotopic (exact) mass is 544 g/mol. The summed E-state index contributed by atoms with van der Waals surface area (Å²) in [6.45, 7) is 7.85.